The van der Waals surface area contributed by atoms with Gasteiger partial charge in [0.1, 0.15) is 0 Å². The Kier molecular flexibility index (Phi) is 7.74. The Morgan fingerprint density at radius 2 is 2.08 bits per heavy atom. The van der Waals surface area contributed by atoms with E-state index in [1.807, 2.05) is 0 Å². The van der Waals surface area contributed by atoms with Crippen molar-refractivity contribution in [3.63, 3.8) is 0 Å². The van der Waals surface area contributed by atoms with Gasteiger partial charge in [0.2, 0.25) is 20.1 Å². The summed E-state index contributed by atoms with van der Waals surface area (Å²) < 4.78 is 24.9. The Bertz CT molecular complexity index is 872. The third kappa shape index (κ3) is 5.60. The zero-order valence-electron chi connectivity index (χ0n) is 14.2. The number of hydrogen-bond acceptors (Lipinski definition) is 9. The highest BCUT2D eigenvalue weighted by Crippen LogP contribution is 2.27. The molecule has 0 atom stereocenters. The van der Waals surface area contributed by atoms with E-state index in [0.29, 0.717) is 11.6 Å². The summed E-state index contributed by atoms with van der Waals surface area (Å²) in [5.74, 6) is 0.159. The minimum absolute atomic E-state index is 0.0417. The second-order valence-corrected chi connectivity index (χ2v) is 9.93. The molecule has 26 heavy (non-hydrogen) atoms. The molecule has 0 saturated carbocycles. The molecule has 0 fully saturated rings. The first-order chi connectivity index (χ1) is 12.4. The second kappa shape index (κ2) is 9.58. The van der Waals surface area contributed by atoms with Gasteiger partial charge in [0.05, 0.1) is 17.0 Å². The van der Waals surface area contributed by atoms with E-state index in [9.17, 15) is 13.2 Å². The van der Waals surface area contributed by atoms with Crippen molar-refractivity contribution in [1.82, 2.24) is 20.2 Å². The number of aromatic nitrogens is 4. The fraction of sp³-hybridized carbons (Fsp3) is 0.500. The quantitative estimate of drug-likeness (QED) is 0.276. The molecule has 0 aliphatic rings. The molecule has 12 heteroatoms. The predicted molar refractivity (Wildman–Crippen MR) is 103 cm³/mol. The van der Waals surface area contributed by atoms with Crippen molar-refractivity contribution >= 4 is 55.6 Å². The third-order valence-electron chi connectivity index (χ3n) is 3.04. The van der Waals surface area contributed by atoms with Crippen molar-refractivity contribution in [2.45, 2.75) is 42.6 Å². The summed E-state index contributed by atoms with van der Waals surface area (Å²) in [6.45, 7) is 3.83. The van der Waals surface area contributed by atoms with Gasteiger partial charge in [0.25, 0.3) is 5.91 Å². The first kappa shape index (κ1) is 21.0. The number of halogens is 1. The lowest BCUT2D eigenvalue weighted by atomic mass is 10.4. The molecular formula is C14H18ClN5O3S3. The number of hydrogen-bond donors (Lipinski definition) is 1. The maximum absolute atomic E-state index is 12.4. The summed E-state index contributed by atoms with van der Waals surface area (Å²) in [7, 11) is -3.65. The number of thioether (sulfide) groups is 1. The van der Waals surface area contributed by atoms with Gasteiger partial charge >= 0.3 is 0 Å². The van der Waals surface area contributed by atoms with Crippen LogP contribution in [0.4, 0.5) is 5.13 Å². The average molecular weight is 436 g/mol. The number of anilines is 1. The highest BCUT2D eigenvalue weighted by Gasteiger charge is 2.22. The van der Waals surface area contributed by atoms with Crippen molar-refractivity contribution in [2.24, 2.45) is 0 Å². The number of nitrogens with zero attached hydrogens (tertiary/aromatic N) is 4. The van der Waals surface area contributed by atoms with Gasteiger partial charge in [0, 0.05) is 5.75 Å². The summed E-state index contributed by atoms with van der Waals surface area (Å²) in [5.41, 5.74) is -0.216. The van der Waals surface area contributed by atoms with Crippen LogP contribution in [0.1, 0.15) is 43.6 Å². The van der Waals surface area contributed by atoms with Crippen molar-refractivity contribution < 1.29 is 13.2 Å². The normalized spacial score (nSPS) is 11.5. The number of nitrogens with one attached hydrogen (secondary N) is 1. The van der Waals surface area contributed by atoms with Gasteiger partial charge in [-0.1, -0.05) is 55.0 Å². The predicted octanol–water partition coefficient (Wildman–Crippen LogP) is 3.31. The van der Waals surface area contributed by atoms with E-state index in [4.69, 9.17) is 11.6 Å². The molecule has 0 aliphatic heterocycles. The Balaban J connectivity index is 2.14. The minimum Gasteiger partial charge on any atom is -0.295 e. The standard InChI is InChI=1S/C14H18ClN5O3S3/c1-3-5-6-24-14-20-19-12(25-14)18-11(21)10-9(15)8-16-13(17-10)26(22,23)7-4-2/h8H,3-7H2,1-2H3,(H,18,19,21). The van der Waals surface area contributed by atoms with E-state index in [1.54, 1.807) is 18.7 Å². The van der Waals surface area contributed by atoms with Crippen LogP contribution in [0.15, 0.2) is 15.7 Å². The zero-order valence-corrected chi connectivity index (χ0v) is 17.4. The van der Waals surface area contributed by atoms with Gasteiger partial charge in [-0.2, -0.15) is 0 Å². The smallest absolute Gasteiger partial charge is 0.277 e. The minimum atomic E-state index is -3.65. The number of amides is 1. The monoisotopic (exact) mass is 435 g/mol. The highest BCUT2D eigenvalue weighted by atomic mass is 35.5. The van der Waals surface area contributed by atoms with E-state index in [-0.39, 0.29) is 16.5 Å². The molecule has 1 N–H and O–H groups in total. The summed E-state index contributed by atoms with van der Waals surface area (Å²) in [6, 6.07) is 0. The van der Waals surface area contributed by atoms with Crippen LogP contribution < -0.4 is 5.32 Å². The molecule has 142 valence electrons. The van der Waals surface area contributed by atoms with Crippen LogP contribution in [0, 0.1) is 0 Å². The maximum atomic E-state index is 12.4. The fourth-order valence-electron chi connectivity index (χ4n) is 1.80. The van der Waals surface area contributed by atoms with Crippen LogP contribution in [-0.4, -0.2) is 46.0 Å². The fourth-order valence-corrected chi connectivity index (χ4v) is 5.04. The molecule has 2 aromatic heterocycles. The molecule has 0 aliphatic carbocycles. The first-order valence-electron chi connectivity index (χ1n) is 7.90. The Morgan fingerprint density at radius 3 is 2.77 bits per heavy atom. The number of rotatable bonds is 9. The summed E-state index contributed by atoms with van der Waals surface area (Å²) in [5, 5.41) is 10.3. The average Bonchev–Trinajstić information content (AvgIpc) is 3.02. The van der Waals surface area contributed by atoms with Gasteiger partial charge in [-0.05, 0) is 12.8 Å². The number of sulfone groups is 1. The number of carbonyl (C=O) groups is 1. The molecule has 8 nitrogen and oxygen atoms in total. The van der Waals surface area contributed by atoms with Crippen molar-refractivity contribution in [3.05, 3.63) is 16.9 Å². The van der Waals surface area contributed by atoms with Gasteiger partial charge < -0.3 is 0 Å². The maximum Gasteiger partial charge on any atom is 0.277 e. The lowest BCUT2D eigenvalue weighted by molar-refractivity contribution is 0.102. The van der Waals surface area contributed by atoms with Crippen LogP contribution in [0.3, 0.4) is 0 Å². The molecule has 0 bridgehead atoms. The first-order valence-corrected chi connectivity index (χ1v) is 11.7. The van der Waals surface area contributed by atoms with Crippen LogP contribution in [-0.2, 0) is 9.84 Å². The molecule has 2 rings (SSSR count). The molecule has 0 aromatic carbocycles. The Hall–Kier alpha value is -1.30. The molecule has 0 unspecified atom stereocenters. The Labute approximate surface area is 165 Å². The third-order valence-corrected chi connectivity index (χ3v) is 7.07. The van der Waals surface area contributed by atoms with E-state index < -0.39 is 20.9 Å². The molecule has 0 saturated heterocycles. The largest absolute Gasteiger partial charge is 0.295 e. The van der Waals surface area contributed by atoms with E-state index in [2.05, 4.69) is 32.4 Å². The van der Waals surface area contributed by atoms with Crippen molar-refractivity contribution in [2.75, 3.05) is 16.8 Å². The summed E-state index contributed by atoms with van der Waals surface area (Å²) >= 11 is 8.76. The highest BCUT2D eigenvalue weighted by molar-refractivity contribution is 8.01. The van der Waals surface area contributed by atoms with Gasteiger partial charge in [-0.3, -0.25) is 10.1 Å². The zero-order chi connectivity index (χ0) is 19.2. The topological polar surface area (TPSA) is 115 Å². The van der Waals surface area contributed by atoms with E-state index >= 15 is 0 Å². The lowest BCUT2D eigenvalue weighted by Gasteiger charge is -2.05. The summed E-state index contributed by atoms with van der Waals surface area (Å²) in [4.78, 5) is 20.0. The lowest BCUT2D eigenvalue weighted by Crippen LogP contribution is -2.18. The van der Waals surface area contributed by atoms with Crippen LogP contribution >= 0.6 is 34.7 Å². The SMILES string of the molecule is CCCCSc1nnc(NC(=O)c2nc(S(=O)(=O)CCC)ncc2Cl)s1. The molecule has 2 aromatic rings. The van der Waals surface area contributed by atoms with Crippen molar-refractivity contribution in [1.29, 1.82) is 0 Å². The van der Waals surface area contributed by atoms with Gasteiger partial charge in [-0.15, -0.1) is 10.2 Å². The molecule has 0 spiro atoms. The van der Waals surface area contributed by atoms with E-state index in [0.717, 1.165) is 29.1 Å². The van der Waals surface area contributed by atoms with Gasteiger partial charge in [-0.25, -0.2) is 18.4 Å². The van der Waals surface area contributed by atoms with E-state index in [1.165, 1.54) is 11.3 Å². The molecule has 1 amide bonds. The van der Waals surface area contributed by atoms with Gasteiger partial charge in [0.15, 0.2) is 10.0 Å². The Morgan fingerprint density at radius 1 is 1.31 bits per heavy atom. The number of carbonyl (C=O) groups excluding carboxylic acids is 1. The second-order valence-electron chi connectivity index (χ2n) is 5.20. The molecule has 2 heterocycles. The molecule has 0 radical (unpaired) electrons. The van der Waals surface area contributed by atoms with Crippen LogP contribution in [0.25, 0.3) is 0 Å². The summed E-state index contributed by atoms with van der Waals surface area (Å²) in [6.07, 6.45) is 3.68. The molecular weight excluding hydrogens is 418 g/mol. The number of unbranched alkanes of at least 4 members (excludes halogenated alkanes) is 1. The van der Waals surface area contributed by atoms with Crippen LogP contribution in [0.2, 0.25) is 5.02 Å². The van der Waals surface area contributed by atoms with Crippen LogP contribution in [0.5, 0.6) is 0 Å². The van der Waals surface area contributed by atoms with Crippen molar-refractivity contribution in [3.8, 4) is 0 Å².